The molecule has 19 heavy (non-hydrogen) atoms. The molecule has 0 amide bonds. The highest BCUT2D eigenvalue weighted by molar-refractivity contribution is 7.80. The minimum absolute atomic E-state index is 0.776. The number of thiol groups is 1. The molecule has 0 heterocycles. The van der Waals surface area contributed by atoms with Crippen molar-refractivity contribution in [3.63, 3.8) is 0 Å². The van der Waals surface area contributed by atoms with E-state index < -0.39 is 0 Å². The van der Waals surface area contributed by atoms with Gasteiger partial charge in [-0.1, -0.05) is 42.5 Å². The minimum Gasteiger partial charge on any atom is -0.494 e. The van der Waals surface area contributed by atoms with Crippen molar-refractivity contribution in [3.8, 4) is 5.75 Å². The zero-order valence-electron chi connectivity index (χ0n) is 11.1. The summed E-state index contributed by atoms with van der Waals surface area (Å²) in [7, 11) is 0. The van der Waals surface area contributed by atoms with E-state index in [0.29, 0.717) is 0 Å². The van der Waals surface area contributed by atoms with E-state index in [-0.39, 0.29) is 0 Å². The van der Waals surface area contributed by atoms with Crippen molar-refractivity contribution in [2.45, 2.75) is 19.3 Å². The van der Waals surface area contributed by atoms with Crippen molar-refractivity contribution < 1.29 is 4.74 Å². The van der Waals surface area contributed by atoms with Crippen LogP contribution in [0.25, 0.3) is 0 Å². The fraction of sp³-hybridized carbons (Fsp3) is 0.294. The second kappa shape index (κ2) is 7.90. The molecule has 0 aromatic heterocycles. The highest BCUT2D eigenvalue weighted by atomic mass is 32.1. The summed E-state index contributed by atoms with van der Waals surface area (Å²) in [4.78, 5) is 0. The third-order valence-corrected chi connectivity index (χ3v) is 3.31. The van der Waals surface area contributed by atoms with Crippen LogP contribution in [0.4, 0.5) is 0 Å². The summed E-state index contributed by atoms with van der Waals surface area (Å²) in [6, 6.07) is 18.9. The first-order valence-corrected chi connectivity index (χ1v) is 7.38. The Labute approximate surface area is 121 Å². The first kappa shape index (κ1) is 14.0. The van der Waals surface area contributed by atoms with Crippen LogP contribution >= 0.6 is 12.6 Å². The van der Waals surface area contributed by atoms with Crippen LogP contribution in [0.1, 0.15) is 24.0 Å². The normalized spacial score (nSPS) is 10.4. The largest absolute Gasteiger partial charge is 0.494 e. The average Bonchev–Trinajstić information content (AvgIpc) is 2.46. The molecule has 0 atom stereocenters. The molecular formula is C17H20OS. The molecule has 0 fully saturated rings. The topological polar surface area (TPSA) is 9.23 Å². The van der Waals surface area contributed by atoms with Crippen molar-refractivity contribution in [1.29, 1.82) is 0 Å². The zero-order valence-corrected chi connectivity index (χ0v) is 12.0. The number of ether oxygens (including phenoxy) is 1. The maximum Gasteiger partial charge on any atom is 0.119 e. The van der Waals surface area contributed by atoms with E-state index in [1.807, 2.05) is 6.07 Å². The molecular weight excluding hydrogens is 252 g/mol. The lowest BCUT2D eigenvalue weighted by molar-refractivity contribution is 0.310. The first-order valence-electron chi connectivity index (χ1n) is 6.75. The Morgan fingerprint density at radius 1 is 0.789 bits per heavy atom. The molecule has 2 aromatic rings. The van der Waals surface area contributed by atoms with Gasteiger partial charge in [0, 0.05) is 0 Å². The molecule has 0 spiro atoms. The maximum atomic E-state index is 5.68. The summed E-state index contributed by atoms with van der Waals surface area (Å²) in [5.41, 5.74) is 2.65. The fourth-order valence-electron chi connectivity index (χ4n) is 1.94. The molecule has 0 N–H and O–H groups in total. The summed E-state index contributed by atoms with van der Waals surface area (Å²) in [6.07, 6.45) is 3.14. The molecule has 0 bridgehead atoms. The SMILES string of the molecule is SCCCCOc1ccc(Cc2ccccc2)cc1. The van der Waals surface area contributed by atoms with E-state index in [1.165, 1.54) is 11.1 Å². The second-order valence-electron chi connectivity index (χ2n) is 4.59. The van der Waals surface area contributed by atoms with Crippen molar-refractivity contribution in [2.75, 3.05) is 12.4 Å². The second-order valence-corrected chi connectivity index (χ2v) is 5.03. The quantitative estimate of drug-likeness (QED) is 0.582. The summed E-state index contributed by atoms with van der Waals surface area (Å²) in [5.74, 6) is 1.88. The number of benzene rings is 2. The maximum absolute atomic E-state index is 5.68. The van der Waals surface area contributed by atoms with Crippen molar-refractivity contribution in [2.24, 2.45) is 0 Å². The van der Waals surface area contributed by atoms with Gasteiger partial charge in [0.15, 0.2) is 0 Å². The number of hydrogen-bond donors (Lipinski definition) is 1. The number of unbranched alkanes of at least 4 members (excludes halogenated alkanes) is 1. The van der Waals surface area contributed by atoms with Gasteiger partial charge in [-0.15, -0.1) is 0 Å². The Bertz CT molecular complexity index is 464. The van der Waals surface area contributed by atoms with Crippen molar-refractivity contribution in [1.82, 2.24) is 0 Å². The molecule has 0 aliphatic carbocycles. The van der Waals surface area contributed by atoms with Gasteiger partial charge in [0.1, 0.15) is 5.75 Å². The molecule has 2 rings (SSSR count). The van der Waals surface area contributed by atoms with E-state index in [9.17, 15) is 0 Å². The third kappa shape index (κ3) is 4.99. The lowest BCUT2D eigenvalue weighted by Crippen LogP contribution is -1.97. The van der Waals surface area contributed by atoms with E-state index in [1.54, 1.807) is 0 Å². The van der Waals surface area contributed by atoms with E-state index in [4.69, 9.17) is 4.74 Å². The van der Waals surface area contributed by atoms with Crippen molar-refractivity contribution in [3.05, 3.63) is 65.7 Å². The number of rotatable bonds is 7. The first-order chi connectivity index (χ1) is 9.38. The summed E-state index contributed by atoms with van der Waals surface area (Å²) in [5, 5.41) is 0. The van der Waals surface area contributed by atoms with Gasteiger partial charge in [-0.2, -0.15) is 12.6 Å². The Balaban J connectivity index is 1.84. The Kier molecular flexibility index (Phi) is 5.83. The molecule has 2 aromatic carbocycles. The summed E-state index contributed by atoms with van der Waals surface area (Å²) in [6.45, 7) is 0.776. The highest BCUT2D eigenvalue weighted by Gasteiger charge is 1.97. The molecule has 0 aliphatic rings. The van der Waals surface area contributed by atoms with Crippen LogP contribution in [-0.4, -0.2) is 12.4 Å². The molecule has 0 saturated carbocycles. The van der Waals surface area contributed by atoms with Crippen LogP contribution in [0.5, 0.6) is 5.75 Å². The van der Waals surface area contributed by atoms with Gasteiger partial charge in [0.2, 0.25) is 0 Å². The van der Waals surface area contributed by atoms with Crippen LogP contribution < -0.4 is 4.74 Å². The minimum atomic E-state index is 0.776. The van der Waals surface area contributed by atoms with Crippen LogP contribution in [0.15, 0.2) is 54.6 Å². The Hall–Kier alpha value is -1.41. The molecule has 1 nitrogen and oxygen atoms in total. The van der Waals surface area contributed by atoms with Crippen LogP contribution in [-0.2, 0) is 6.42 Å². The van der Waals surface area contributed by atoms with Gasteiger partial charge in [-0.3, -0.25) is 0 Å². The molecule has 0 unspecified atom stereocenters. The summed E-state index contributed by atoms with van der Waals surface area (Å²) >= 11 is 4.19. The van der Waals surface area contributed by atoms with Gasteiger partial charge in [0.25, 0.3) is 0 Å². The predicted octanol–water partition coefficient (Wildman–Crippen LogP) is 4.37. The van der Waals surface area contributed by atoms with Gasteiger partial charge < -0.3 is 4.74 Å². The Morgan fingerprint density at radius 2 is 1.47 bits per heavy atom. The smallest absolute Gasteiger partial charge is 0.119 e. The molecule has 2 heteroatoms. The molecule has 0 saturated heterocycles. The molecule has 100 valence electrons. The standard InChI is InChI=1S/C17H20OS/c19-13-5-4-12-18-17-10-8-16(9-11-17)14-15-6-2-1-3-7-15/h1-3,6-11,19H,4-5,12-14H2. The van der Waals surface area contributed by atoms with Crippen molar-refractivity contribution >= 4 is 12.6 Å². The van der Waals surface area contributed by atoms with Gasteiger partial charge >= 0.3 is 0 Å². The van der Waals surface area contributed by atoms with Crippen LogP contribution in [0, 0.1) is 0 Å². The van der Waals surface area contributed by atoms with E-state index >= 15 is 0 Å². The number of hydrogen-bond acceptors (Lipinski definition) is 2. The van der Waals surface area contributed by atoms with Crippen LogP contribution in [0.3, 0.4) is 0 Å². The monoisotopic (exact) mass is 272 g/mol. The van der Waals surface area contributed by atoms with Gasteiger partial charge in [-0.25, -0.2) is 0 Å². The summed E-state index contributed by atoms with van der Waals surface area (Å²) < 4.78 is 5.68. The van der Waals surface area contributed by atoms with E-state index in [0.717, 1.165) is 37.4 Å². The average molecular weight is 272 g/mol. The van der Waals surface area contributed by atoms with Gasteiger partial charge in [0.05, 0.1) is 6.61 Å². The van der Waals surface area contributed by atoms with Gasteiger partial charge in [-0.05, 0) is 48.3 Å². The fourth-order valence-corrected chi connectivity index (χ4v) is 2.16. The molecule has 0 aliphatic heterocycles. The molecule has 0 radical (unpaired) electrons. The highest BCUT2D eigenvalue weighted by Crippen LogP contribution is 2.15. The lowest BCUT2D eigenvalue weighted by Gasteiger charge is -2.07. The Morgan fingerprint density at radius 3 is 2.16 bits per heavy atom. The third-order valence-electron chi connectivity index (χ3n) is 3.00. The van der Waals surface area contributed by atoms with E-state index in [2.05, 4.69) is 61.2 Å². The van der Waals surface area contributed by atoms with Crippen LogP contribution in [0.2, 0.25) is 0 Å². The zero-order chi connectivity index (χ0) is 13.3. The predicted molar refractivity (Wildman–Crippen MR) is 84.3 cm³/mol. The lowest BCUT2D eigenvalue weighted by atomic mass is 10.1.